The summed E-state index contributed by atoms with van der Waals surface area (Å²) in [6, 6.07) is 0. The van der Waals surface area contributed by atoms with Crippen molar-refractivity contribution in [2.75, 3.05) is 19.8 Å². The van der Waals surface area contributed by atoms with Crippen LogP contribution in [0.1, 0.15) is 26.2 Å². The maximum atomic E-state index is 11.2. The van der Waals surface area contributed by atoms with Crippen LogP contribution in [0, 0.1) is 0 Å². The summed E-state index contributed by atoms with van der Waals surface area (Å²) in [4.78, 5) is 0. The van der Waals surface area contributed by atoms with Crippen molar-refractivity contribution in [1.82, 2.24) is 0 Å². The molecule has 1 aromatic heterocycles. The molecular formula is C13H20O6S2. The number of fused-ring (bicyclic) bond motifs is 1. The number of thiophene rings is 1. The molecule has 21 heavy (non-hydrogen) atoms. The first kappa shape index (κ1) is 16.5. The molecule has 1 unspecified atom stereocenters. The van der Waals surface area contributed by atoms with Gasteiger partial charge in [-0.15, -0.1) is 11.3 Å². The van der Waals surface area contributed by atoms with Crippen molar-refractivity contribution in [3.63, 3.8) is 0 Å². The van der Waals surface area contributed by atoms with Crippen molar-refractivity contribution in [3.05, 3.63) is 10.8 Å². The van der Waals surface area contributed by atoms with E-state index in [2.05, 4.69) is 0 Å². The molecule has 0 fully saturated rings. The van der Waals surface area contributed by atoms with Gasteiger partial charge < -0.3 is 14.2 Å². The molecule has 1 aliphatic rings. The summed E-state index contributed by atoms with van der Waals surface area (Å²) in [5.74, 6) is 1.43. The summed E-state index contributed by atoms with van der Waals surface area (Å²) in [6.45, 7) is 2.86. The molecular weight excluding hydrogens is 316 g/mol. The largest absolute Gasteiger partial charge is 0.486 e. The number of hydrogen-bond acceptors (Lipinski definition) is 6. The van der Waals surface area contributed by atoms with Crippen molar-refractivity contribution in [3.8, 4) is 11.5 Å². The van der Waals surface area contributed by atoms with Crippen molar-refractivity contribution >= 4 is 21.5 Å². The van der Waals surface area contributed by atoms with Gasteiger partial charge in [0.2, 0.25) is 0 Å². The fraction of sp³-hybridized carbons (Fsp3) is 0.692. The molecule has 0 bridgehead atoms. The molecule has 0 spiro atoms. The van der Waals surface area contributed by atoms with Crippen LogP contribution in [0.5, 0.6) is 11.5 Å². The minimum Gasteiger partial charge on any atom is -0.486 e. The smallest absolute Gasteiger partial charge is 0.267 e. The van der Waals surface area contributed by atoms with Gasteiger partial charge in [0.05, 0.1) is 5.25 Å². The first-order chi connectivity index (χ1) is 10.0. The van der Waals surface area contributed by atoms with Crippen LogP contribution < -0.4 is 9.47 Å². The van der Waals surface area contributed by atoms with Crippen LogP contribution in [0.2, 0.25) is 0 Å². The zero-order valence-electron chi connectivity index (χ0n) is 11.9. The van der Waals surface area contributed by atoms with Crippen LogP contribution in [-0.2, 0) is 14.9 Å². The van der Waals surface area contributed by atoms with E-state index in [0.29, 0.717) is 37.6 Å². The van der Waals surface area contributed by atoms with Gasteiger partial charge >= 0.3 is 0 Å². The van der Waals surface area contributed by atoms with Gasteiger partial charge in [-0.2, -0.15) is 8.42 Å². The Morgan fingerprint density at radius 3 is 2.48 bits per heavy atom. The molecule has 1 atom stereocenters. The Morgan fingerprint density at radius 2 is 1.95 bits per heavy atom. The molecule has 2 heterocycles. The third-order valence-corrected chi connectivity index (χ3v) is 5.28. The van der Waals surface area contributed by atoms with Crippen molar-refractivity contribution < 1.29 is 27.2 Å². The summed E-state index contributed by atoms with van der Waals surface area (Å²) >= 11 is 1.51. The predicted octanol–water partition coefficient (Wildman–Crippen LogP) is 2.35. The third-order valence-electron chi connectivity index (χ3n) is 3.27. The molecule has 0 aliphatic carbocycles. The highest BCUT2D eigenvalue weighted by atomic mass is 32.2. The Balaban J connectivity index is 1.77. The molecule has 0 amide bonds. The Kier molecular flexibility index (Phi) is 5.86. The lowest BCUT2D eigenvalue weighted by molar-refractivity contribution is 0.00121. The number of hydrogen-bond donors (Lipinski definition) is 1. The van der Waals surface area contributed by atoms with Crippen LogP contribution in [0.3, 0.4) is 0 Å². The van der Waals surface area contributed by atoms with Gasteiger partial charge in [0.15, 0.2) is 11.5 Å². The van der Waals surface area contributed by atoms with E-state index in [4.69, 9.17) is 18.8 Å². The fourth-order valence-electron chi connectivity index (χ4n) is 2.12. The van der Waals surface area contributed by atoms with Crippen molar-refractivity contribution in [1.29, 1.82) is 0 Å². The van der Waals surface area contributed by atoms with Crippen LogP contribution in [0.25, 0.3) is 0 Å². The SMILES string of the molecule is CCCC(CCOC1COc2cscc2OC1)S(=O)(=O)O. The summed E-state index contributed by atoms with van der Waals surface area (Å²) in [5, 5.41) is 2.97. The number of ether oxygens (including phenoxy) is 3. The van der Waals surface area contributed by atoms with E-state index in [1.54, 1.807) is 0 Å². The molecule has 0 saturated carbocycles. The number of rotatable bonds is 7. The molecule has 1 N–H and O–H groups in total. The summed E-state index contributed by atoms with van der Waals surface area (Å²) in [7, 11) is -4.01. The zero-order chi connectivity index (χ0) is 15.3. The minimum absolute atomic E-state index is 0.244. The minimum atomic E-state index is -4.01. The van der Waals surface area contributed by atoms with Gasteiger partial charge in [0.25, 0.3) is 10.1 Å². The molecule has 120 valence electrons. The Bertz CT molecular complexity index is 516. The van der Waals surface area contributed by atoms with Gasteiger partial charge in [-0.05, 0) is 12.8 Å². The van der Waals surface area contributed by atoms with Crippen LogP contribution in [-0.4, -0.2) is 44.1 Å². The third kappa shape index (κ3) is 4.84. The van der Waals surface area contributed by atoms with E-state index in [-0.39, 0.29) is 19.1 Å². The predicted molar refractivity (Wildman–Crippen MR) is 79.9 cm³/mol. The van der Waals surface area contributed by atoms with E-state index in [1.165, 1.54) is 11.3 Å². The molecule has 2 rings (SSSR count). The second-order valence-corrected chi connectivity index (χ2v) is 7.37. The lowest BCUT2D eigenvalue weighted by atomic mass is 10.2. The average molecular weight is 336 g/mol. The summed E-state index contributed by atoms with van der Waals surface area (Å²) < 4.78 is 48.3. The maximum absolute atomic E-state index is 11.2. The second-order valence-electron chi connectivity index (χ2n) is 4.93. The van der Waals surface area contributed by atoms with Crippen LogP contribution >= 0.6 is 11.3 Å². The molecule has 0 aromatic carbocycles. The van der Waals surface area contributed by atoms with E-state index in [9.17, 15) is 8.42 Å². The van der Waals surface area contributed by atoms with Crippen LogP contribution in [0.15, 0.2) is 10.8 Å². The van der Waals surface area contributed by atoms with Crippen molar-refractivity contribution in [2.24, 2.45) is 0 Å². The Morgan fingerprint density at radius 1 is 1.33 bits per heavy atom. The lowest BCUT2D eigenvalue weighted by Gasteiger charge is -2.17. The maximum Gasteiger partial charge on any atom is 0.267 e. The molecule has 8 heteroatoms. The quantitative estimate of drug-likeness (QED) is 0.770. The highest BCUT2D eigenvalue weighted by molar-refractivity contribution is 7.86. The van der Waals surface area contributed by atoms with Gasteiger partial charge in [0, 0.05) is 17.4 Å². The Labute approximate surface area is 128 Å². The standard InChI is InChI=1S/C13H20O6S2/c1-2-3-11(21(14,15)16)4-5-17-10-6-18-12-8-20-9-13(12)19-7-10/h8-11H,2-7H2,1H3,(H,14,15,16). The van der Waals surface area contributed by atoms with Gasteiger partial charge in [-0.1, -0.05) is 13.3 Å². The second kappa shape index (κ2) is 7.44. The van der Waals surface area contributed by atoms with Crippen LogP contribution in [0.4, 0.5) is 0 Å². The van der Waals surface area contributed by atoms with E-state index >= 15 is 0 Å². The molecule has 0 saturated heterocycles. The van der Waals surface area contributed by atoms with Gasteiger partial charge in [-0.25, -0.2) is 0 Å². The molecule has 1 aliphatic heterocycles. The van der Waals surface area contributed by atoms with E-state index in [1.807, 2.05) is 17.7 Å². The lowest BCUT2D eigenvalue weighted by Crippen LogP contribution is -2.29. The van der Waals surface area contributed by atoms with Crippen molar-refractivity contribution in [2.45, 2.75) is 37.5 Å². The summed E-state index contributed by atoms with van der Waals surface area (Å²) in [6.07, 6.45) is 1.15. The Hall–Kier alpha value is -0.830. The topological polar surface area (TPSA) is 82.1 Å². The monoisotopic (exact) mass is 336 g/mol. The highest BCUT2D eigenvalue weighted by Gasteiger charge is 2.24. The van der Waals surface area contributed by atoms with E-state index in [0.717, 1.165) is 0 Å². The van der Waals surface area contributed by atoms with E-state index < -0.39 is 15.4 Å². The zero-order valence-corrected chi connectivity index (χ0v) is 13.5. The van der Waals surface area contributed by atoms with Gasteiger partial charge in [-0.3, -0.25) is 4.55 Å². The first-order valence-electron chi connectivity index (χ1n) is 6.90. The fourth-order valence-corrected chi connectivity index (χ4v) is 3.74. The normalized spacial score (nSPS) is 17.4. The highest BCUT2D eigenvalue weighted by Crippen LogP contribution is 2.33. The first-order valence-corrected chi connectivity index (χ1v) is 9.35. The molecule has 1 aromatic rings. The molecule has 6 nitrogen and oxygen atoms in total. The average Bonchev–Trinajstić information content (AvgIpc) is 2.78. The molecule has 0 radical (unpaired) electrons. The van der Waals surface area contributed by atoms with Gasteiger partial charge in [0.1, 0.15) is 19.3 Å². The summed E-state index contributed by atoms with van der Waals surface area (Å²) in [5.41, 5.74) is 0.